The van der Waals surface area contributed by atoms with Crippen molar-refractivity contribution in [3.63, 3.8) is 0 Å². The molecule has 116 valence electrons. The number of hydrogen-bond acceptors (Lipinski definition) is 4. The molecule has 0 spiro atoms. The van der Waals surface area contributed by atoms with E-state index in [2.05, 4.69) is 5.32 Å². The number of amides is 1. The van der Waals surface area contributed by atoms with Crippen LogP contribution in [0.4, 0.5) is 0 Å². The molecule has 0 aromatic heterocycles. The predicted molar refractivity (Wildman–Crippen MR) is 78.2 cm³/mol. The summed E-state index contributed by atoms with van der Waals surface area (Å²) in [5.41, 5.74) is -0.660. The van der Waals surface area contributed by atoms with Crippen molar-refractivity contribution in [2.45, 2.75) is 37.6 Å². The van der Waals surface area contributed by atoms with Crippen molar-refractivity contribution in [3.8, 4) is 11.8 Å². The van der Waals surface area contributed by atoms with E-state index in [9.17, 15) is 14.7 Å². The number of hydrogen-bond donors (Lipinski definition) is 2. The van der Waals surface area contributed by atoms with E-state index in [1.165, 1.54) is 0 Å². The lowest BCUT2D eigenvalue weighted by Gasteiger charge is -2.33. The second-order valence-electron chi connectivity index (χ2n) is 5.42. The van der Waals surface area contributed by atoms with Crippen molar-refractivity contribution in [1.82, 2.24) is 5.32 Å². The van der Waals surface area contributed by atoms with E-state index in [-0.39, 0.29) is 6.61 Å². The Morgan fingerprint density at radius 1 is 1.23 bits per heavy atom. The van der Waals surface area contributed by atoms with E-state index in [1.54, 1.807) is 24.3 Å². The summed E-state index contributed by atoms with van der Waals surface area (Å²) in [4.78, 5) is 23.4. The SMILES string of the molecule is N#Cc1ccc(OCC(=O)NC2(C(=O)O)CCCCC2)cc1. The number of nitrogens with zero attached hydrogens (tertiary/aromatic N) is 1. The summed E-state index contributed by atoms with van der Waals surface area (Å²) in [7, 11) is 0. The zero-order valence-electron chi connectivity index (χ0n) is 12.2. The van der Waals surface area contributed by atoms with Gasteiger partial charge in [0.1, 0.15) is 11.3 Å². The quantitative estimate of drug-likeness (QED) is 0.864. The van der Waals surface area contributed by atoms with Gasteiger partial charge in [-0.05, 0) is 37.1 Å². The first-order valence-corrected chi connectivity index (χ1v) is 7.23. The molecule has 0 aliphatic heterocycles. The lowest BCUT2D eigenvalue weighted by molar-refractivity contribution is -0.149. The standard InChI is InChI=1S/C16H18N2O4/c17-10-12-4-6-13(7-5-12)22-11-14(19)18-16(15(20)21)8-2-1-3-9-16/h4-7H,1-3,8-9,11H2,(H,18,19)(H,20,21). The van der Waals surface area contributed by atoms with Gasteiger partial charge in [0, 0.05) is 0 Å². The van der Waals surface area contributed by atoms with Gasteiger partial charge < -0.3 is 15.2 Å². The Balaban J connectivity index is 1.91. The zero-order chi connectivity index (χ0) is 16.0. The molecule has 22 heavy (non-hydrogen) atoms. The molecule has 1 saturated carbocycles. The fourth-order valence-corrected chi connectivity index (χ4v) is 2.63. The summed E-state index contributed by atoms with van der Waals surface area (Å²) in [6.45, 7) is -0.249. The fourth-order valence-electron chi connectivity index (χ4n) is 2.63. The number of carboxylic acids is 1. The predicted octanol–water partition coefficient (Wildman–Crippen LogP) is 1.84. The van der Waals surface area contributed by atoms with Gasteiger partial charge in [-0.2, -0.15) is 5.26 Å². The number of benzene rings is 1. The van der Waals surface area contributed by atoms with E-state index >= 15 is 0 Å². The number of rotatable bonds is 5. The van der Waals surface area contributed by atoms with Crippen LogP contribution in [0.2, 0.25) is 0 Å². The minimum absolute atomic E-state index is 0.249. The highest BCUT2D eigenvalue weighted by Gasteiger charge is 2.40. The van der Waals surface area contributed by atoms with Crippen LogP contribution < -0.4 is 10.1 Å². The van der Waals surface area contributed by atoms with Crippen LogP contribution in [-0.2, 0) is 9.59 Å². The smallest absolute Gasteiger partial charge is 0.329 e. The van der Waals surface area contributed by atoms with Crippen molar-refractivity contribution in [2.24, 2.45) is 0 Å². The van der Waals surface area contributed by atoms with Gasteiger partial charge in [-0.25, -0.2) is 4.79 Å². The summed E-state index contributed by atoms with van der Waals surface area (Å²) in [5, 5.41) is 20.7. The molecule has 1 aliphatic carbocycles. The monoisotopic (exact) mass is 302 g/mol. The van der Waals surface area contributed by atoms with Crippen LogP contribution in [0, 0.1) is 11.3 Å². The average molecular weight is 302 g/mol. The number of nitriles is 1. The molecule has 2 N–H and O–H groups in total. The largest absolute Gasteiger partial charge is 0.484 e. The molecule has 0 radical (unpaired) electrons. The maximum absolute atomic E-state index is 12.0. The maximum atomic E-state index is 12.0. The Morgan fingerprint density at radius 2 is 1.86 bits per heavy atom. The Kier molecular flexibility index (Phi) is 4.99. The second-order valence-corrected chi connectivity index (χ2v) is 5.42. The van der Waals surface area contributed by atoms with Gasteiger partial charge >= 0.3 is 5.97 Å². The summed E-state index contributed by atoms with van der Waals surface area (Å²) < 4.78 is 5.32. The molecular formula is C16H18N2O4. The van der Waals surface area contributed by atoms with Crippen LogP contribution in [-0.4, -0.2) is 29.1 Å². The van der Waals surface area contributed by atoms with Crippen LogP contribution in [0.1, 0.15) is 37.7 Å². The first-order chi connectivity index (χ1) is 10.6. The molecule has 1 aromatic rings. The normalized spacial score (nSPS) is 16.3. The lowest BCUT2D eigenvalue weighted by atomic mass is 9.81. The number of carboxylic acid groups (broad SMARTS) is 1. The molecule has 6 nitrogen and oxygen atoms in total. The van der Waals surface area contributed by atoms with Gasteiger partial charge in [0.2, 0.25) is 0 Å². The highest BCUT2D eigenvalue weighted by molar-refractivity contribution is 5.87. The number of ether oxygens (including phenoxy) is 1. The number of nitrogens with one attached hydrogen (secondary N) is 1. The first kappa shape index (κ1) is 15.8. The second kappa shape index (κ2) is 6.94. The van der Waals surface area contributed by atoms with Gasteiger partial charge in [-0.15, -0.1) is 0 Å². The van der Waals surface area contributed by atoms with Crippen molar-refractivity contribution in [3.05, 3.63) is 29.8 Å². The zero-order valence-corrected chi connectivity index (χ0v) is 12.2. The summed E-state index contributed by atoms with van der Waals surface area (Å²) in [6, 6.07) is 8.36. The number of carbonyl (C=O) groups excluding carboxylic acids is 1. The van der Waals surface area contributed by atoms with Gasteiger partial charge in [0.25, 0.3) is 5.91 Å². The van der Waals surface area contributed by atoms with E-state index in [1.807, 2.05) is 6.07 Å². The van der Waals surface area contributed by atoms with Crippen molar-refractivity contribution in [1.29, 1.82) is 5.26 Å². The molecule has 0 unspecified atom stereocenters. The topological polar surface area (TPSA) is 99.4 Å². The van der Waals surface area contributed by atoms with E-state index in [0.717, 1.165) is 19.3 Å². The summed E-state index contributed by atoms with van der Waals surface area (Å²) >= 11 is 0. The van der Waals surface area contributed by atoms with E-state index in [4.69, 9.17) is 10.00 Å². The Bertz CT molecular complexity index is 583. The molecule has 0 heterocycles. The Hall–Kier alpha value is -2.55. The molecule has 0 atom stereocenters. The van der Waals surface area contributed by atoms with Gasteiger partial charge in [0.15, 0.2) is 6.61 Å². The first-order valence-electron chi connectivity index (χ1n) is 7.23. The molecule has 0 saturated heterocycles. The molecular weight excluding hydrogens is 284 g/mol. The van der Waals surface area contributed by atoms with Crippen molar-refractivity contribution < 1.29 is 19.4 Å². The van der Waals surface area contributed by atoms with Crippen molar-refractivity contribution in [2.75, 3.05) is 6.61 Å². The molecule has 1 amide bonds. The summed E-state index contributed by atoms with van der Waals surface area (Å²) in [5.74, 6) is -0.977. The molecule has 0 bridgehead atoms. The third-order valence-electron chi connectivity index (χ3n) is 3.85. The molecule has 2 rings (SSSR count). The molecule has 6 heteroatoms. The Morgan fingerprint density at radius 3 is 2.41 bits per heavy atom. The van der Waals surface area contributed by atoms with Crippen LogP contribution in [0.5, 0.6) is 5.75 Å². The third-order valence-corrected chi connectivity index (χ3v) is 3.85. The van der Waals surface area contributed by atoms with Gasteiger partial charge in [-0.3, -0.25) is 4.79 Å². The molecule has 1 aliphatic rings. The highest BCUT2D eigenvalue weighted by atomic mass is 16.5. The third kappa shape index (κ3) is 3.76. The van der Waals surface area contributed by atoms with E-state index in [0.29, 0.717) is 24.2 Å². The van der Waals surface area contributed by atoms with Gasteiger partial charge in [-0.1, -0.05) is 19.3 Å². The lowest BCUT2D eigenvalue weighted by Crippen LogP contribution is -2.56. The van der Waals surface area contributed by atoms with Crippen LogP contribution in [0.15, 0.2) is 24.3 Å². The van der Waals surface area contributed by atoms with Gasteiger partial charge in [0.05, 0.1) is 11.6 Å². The molecule has 1 fully saturated rings. The Labute approximate surface area is 128 Å². The maximum Gasteiger partial charge on any atom is 0.329 e. The van der Waals surface area contributed by atoms with Crippen LogP contribution in [0.25, 0.3) is 0 Å². The summed E-state index contributed by atoms with van der Waals surface area (Å²) in [6.07, 6.45) is 3.48. The van der Waals surface area contributed by atoms with Crippen LogP contribution in [0.3, 0.4) is 0 Å². The van der Waals surface area contributed by atoms with E-state index < -0.39 is 17.4 Å². The number of carbonyl (C=O) groups is 2. The molecule has 1 aromatic carbocycles. The fraction of sp³-hybridized carbons (Fsp3) is 0.438. The minimum Gasteiger partial charge on any atom is -0.484 e. The number of aliphatic carboxylic acids is 1. The van der Waals surface area contributed by atoms with Crippen molar-refractivity contribution >= 4 is 11.9 Å². The average Bonchev–Trinajstić information content (AvgIpc) is 2.54. The minimum atomic E-state index is -1.16. The highest BCUT2D eigenvalue weighted by Crippen LogP contribution is 2.28. The van der Waals surface area contributed by atoms with Crippen LogP contribution >= 0.6 is 0 Å².